The van der Waals surface area contributed by atoms with Crippen molar-refractivity contribution in [2.24, 2.45) is 0 Å². The predicted octanol–water partition coefficient (Wildman–Crippen LogP) is 2.24. The number of thioether (sulfide) groups is 1. The molecular formula is C17H17N5O3S. The molecule has 1 N–H and O–H groups in total. The Balaban J connectivity index is 1.40. The fraction of sp³-hybridized carbons (Fsp3) is 0.294. The molecule has 0 saturated heterocycles. The summed E-state index contributed by atoms with van der Waals surface area (Å²) in [4.78, 5) is 20.9. The number of carbonyl (C=O) groups is 1. The van der Waals surface area contributed by atoms with E-state index in [-0.39, 0.29) is 11.7 Å². The highest BCUT2D eigenvalue weighted by Gasteiger charge is 2.14. The fourth-order valence-electron chi connectivity index (χ4n) is 2.66. The van der Waals surface area contributed by atoms with Crippen molar-refractivity contribution in [2.45, 2.75) is 19.0 Å². The van der Waals surface area contributed by atoms with Gasteiger partial charge in [0.1, 0.15) is 13.2 Å². The second-order valence-electron chi connectivity index (χ2n) is 5.84. The zero-order valence-corrected chi connectivity index (χ0v) is 15.2. The molecule has 134 valence electrons. The average Bonchev–Trinajstić information content (AvgIpc) is 3.03. The molecule has 4 rings (SSSR count). The standard InChI is InChI=1S/C17H17N5O3S/c1-10-7-11(2)22-16(18-10)20-17(21-22)26-9-15(23)19-12-3-4-13-14(8-12)25-6-5-24-13/h3-4,7-8H,5-6,9H2,1-2H3,(H,19,23). The fourth-order valence-corrected chi connectivity index (χ4v) is 3.28. The molecule has 1 aromatic carbocycles. The lowest BCUT2D eigenvalue weighted by atomic mass is 10.2. The predicted molar refractivity (Wildman–Crippen MR) is 97.0 cm³/mol. The number of nitrogens with zero attached hydrogens (tertiary/aromatic N) is 4. The number of aromatic nitrogens is 4. The normalized spacial score (nSPS) is 13.0. The van der Waals surface area contributed by atoms with Gasteiger partial charge in [0.15, 0.2) is 11.5 Å². The number of amides is 1. The van der Waals surface area contributed by atoms with Crippen LogP contribution in [0.25, 0.3) is 5.78 Å². The van der Waals surface area contributed by atoms with Crippen LogP contribution in [0.4, 0.5) is 5.69 Å². The summed E-state index contributed by atoms with van der Waals surface area (Å²) in [5.41, 5.74) is 2.50. The first-order valence-electron chi connectivity index (χ1n) is 8.12. The maximum absolute atomic E-state index is 12.2. The molecule has 0 fully saturated rings. The second kappa shape index (κ2) is 6.83. The monoisotopic (exact) mass is 371 g/mol. The van der Waals surface area contributed by atoms with E-state index in [1.165, 1.54) is 11.8 Å². The van der Waals surface area contributed by atoms with Crippen LogP contribution in [0.3, 0.4) is 0 Å². The van der Waals surface area contributed by atoms with E-state index < -0.39 is 0 Å². The van der Waals surface area contributed by atoms with E-state index in [1.54, 1.807) is 22.7 Å². The Labute approximate surface area is 153 Å². The number of ether oxygens (including phenoxy) is 2. The van der Waals surface area contributed by atoms with E-state index in [0.717, 1.165) is 11.4 Å². The smallest absolute Gasteiger partial charge is 0.253 e. The van der Waals surface area contributed by atoms with Crippen molar-refractivity contribution in [3.63, 3.8) is 0 Å². The molecular weight excluding hydrogens is 354 g/mol. The number of rotatable bonds is 4. The summed E-state index contributed by atoms with van der Waals surface area (Å²) in [6.45, 7) is 4.90. The van der Waals surface area contributed by atoms with Crippen LogP contribution >= 0.6 is 11.8 Å². The topological polar surface area (TPSA) is 90.6 Å². The van der Waals surface area contributed by atoms with Crippen molar-refractivity contribution in [2.75, 3.05) is 24.3 Å². The summed E-state index contributed by atoms with van der Waals surface area (Å²) in [7, 11) is 0. The van der Waals surface area contributed by atoms with Gasteiger partial charge in [0.2, 0.25) is 11.1 Å². The van der Waals surface area contributed by atoms with Crippen LogP contribution in [0.5, 0.6) is 11.5 Å². The van der Waals surface area contributed by atoms with Gasteiger partial charge in [0, 0.05) is 23.1 Å². The summed E-state index contributed by atoms with van der Waals surface area (Å²) < 4.78 is 12.7. The first-order chi connectivity index (χ1) is 12.6. The molecule has 0 aliphatic carbocycles. The molecule has 0 bridgehead atoms. The summed E-state index contributed by atoms with van der Waals surface area (Å²) in [6, 6.07) is 7.27. The number of anilines is 1. The molecule has 3 aromatic rings. The quantitative estimate of drug-likeness (QED) is 0.703. The van der Waals surface area contributed by atoms with Gasteiger partial charge >= 0.3 is 0 Å². The third kappa shape index (κ3) is 3.43. The average molecular weight is 371 g/mol. The van der Waals surface area contributed by atoms with Crippen molar-refractivity contribution in [1.82, 2.24) is 19.6 Å². The summed E-state index contributed by atoms with van der Waals surface area (Å²) >= 11 is 1.27. The van der Waals surface area contributed by atoms with Crippen molar-refractivity contribution < 1.29 is 14.3 Å². The molecule has 1 aliphatic rings. The van der Waals surface area contributed by atoms with Crippen LogP contribution in [0, 0.1) is 13.8 Å². The Morgan fingerprint density at radius 3 is 2.85 bits per heavy atom. The molecule has 26 heavy (non-hydrogen) atoms. The molecule has 0 atom stereocenters. The van der Waals surface area contributed by atoms with Gasteiger partial charge in [-0.3, -0.25) is 4.79 Å². The van der Waals surface area contributed by atoms with Crippen LogP contribution in [-0.2, 0) is 4.79 Å². The third-order valence-corrected chi connectivity index (χ3v) is 4.59. The molecule has 2 aromatic heterocycles. The van der Waals surface area contributed by atoms with Gasteiger partial charge in [0.05, 0.1) is 5.75 Å². The van der Waals surface area contributed by atoms with Crippen LogP contribution in [0.2, 0.25) is 0 Å². The highest BCUT2D eigenvalue weighted by atomic mass is 32.2. The Bertz CT molecular complexity index is 988. The molecule has 1 amide bonds. The van der Waals surface area contributed by atoms with E-state index in [2.05, 4.69) is 20.4 Å². The van der Waals surface area contributed by atoms with Crippen LogP contribution in [-0.4, -0.2) is 44.5 Å². The number of hydrogen-bond donors (Lipinski definition) is 1. The highest BCUT2D eigenvalue weighted by Crippen LogP contribution is 2.32. The maximum atomic E-state index is 12.2. The summed E-state index contributed by atoms with van der Waals surface area (Å²) in [5, 5.41) is 7.74. The molecule has 0 spiro atoms. The molecule has 0 saturated carbocycles. The summed E-state index contributed by atoms with van der Waals surface area (Å²) in [5.74, 6) is 1.92. The van der Waals surface area contributed by atoms with Gasteiger partial charge < -0.3 is 14.8 Å². The lowest BCUT2D eigenvalue weighted by Gasteiger charge is -2.18. The maximum Gasteiger partial charge on any atom is 0.253 e. The van der Waals surface area contributed by atoms with Crippen molar-refractivity contribution in [3.8, 4) is 11.5 Å². The number of benzene rings is 1. The molecule has 1 aliphatic heterocycles. The third-order valence-electron chi connectivity index (χ3n) is 3.76. The lowest BCUT2D eigenvalue weighted by Crippen LogP contribution is -2.17. The molecule has 0 unspecified atom stereocenters. The van der Waals surface area contributed by atoms with E-state index in [9.17, 15) is 4.79 Å². The SMILES string of the molecule is Cc1cc(C)n2nc(SCC(=O)Nc3ccc4c(c3)OCCO4)nc2n1. The van der Waals surface area contributed by atoms with Crippen LogP contribution in [0.15, 0.2) is 29.4 Å². The lowest BCUT2D eigenvalue weighted by molar-refractivity contribution is -0.113. The van der Waals surface area contributed by atoms with Gasteiger partial charge in [-0.1, -0.05) is 11.8 Å². The van der Waals surface area contributed by atoms with Gasteiger partial charge in [0.25, 0.3) is 5.78 Å². The first-order valence-corrected chi connectivity index (χ1v) is 9.10. The Morgan fingerprint density at radius 1 is 1.19 bits per heavy atom. The minimum Gasteiger partial charge on any atom is -0.486 e. The molecule has 3 heterocycles. The van der Waals surface area contributed by atoms with E-state index in [4.69, 9.17) is 9.47 Å². The highest BCUT2D eigenvalue weighted by molar-refractivity contribution is 7.99. The minimum atomic E-state index is -0.147. The number of aryl methyl sites for hydroxylation is 2. The second-order valence-corrected chi connectivity index (χ2v) is 6.78. The van der Waals surface area contributed by atoms with Crippen molar-refractivity contribution >= 4 is 29.1 Å². The molecule has 0 radical (unpaired) electrons. The van der Waals surface area contributed by atoms with E-state index in [0.29, 0.717) is 41.3 Å². The zero-order valence-electron chi connectivity index (χ0n) is 14.4. The first kappa shape index (κ1) is 16.6. The number of nitrogens with one attached hydrogen (secondary N) is 1. The van der Waals surface area contributed by atoms with Gasteiger partial charge in [-0.15, -0.1) is 5.10 Å². The molecule has 8 nitrogen and oxygen atoms in total. The van der Waals surface area contributed by atoms with Crippen LogP contribution in [0.1, 0.15) is 11.4 Å². The number of fused-ring (bicyclic) bond motifs is 2. The molecule has 9 heteroatoms. The number of hydrogen-bond acceptors (Lipinski definition) is 7. The Hall–Kier alpha value is -2.81. The van der Waals surface area contributed by atoms with Crippen molar-refractivity contribution in [1.29, 1.82) is 0 Å². The minimum absolute atomic E-state index is 0.147. The largest absolute Gasteiger partial charge is 0.486 e. The Kier molecular flexibility index (Phi) is 4.37. The van der Waals surface area contributed by atoms with Gasteiger partial charge in [-0.05, 0) is 32.0 Å². The van der Waals surface area contributed by atoms with Crippen LogP contribution < -0.4 is 14.8 Å². The summed E-state index contributed by atoms with van der Waals surface area (Å²) in [6.07, 6.45) is 0. The van der Waals surface area contributed by atoms with Crippen molar-refractivity contribution in [3.05, 3.63) is 35.7 Å². The van der Waals surface area contributed by atoms with Gasteiger partial charge in [-0.2, -0.15) is 4.98 Å². The Morgan fingerprint density at radius 2 is 2.00 bits per heavy atom. The number of carbonyl (C=O) groups excluding carboxylic acids is 1. The van der Waals surface area contributed by atoms with Gasteiger partial charge in [-0.25, -0.2) is 9.50 Å². The van der Waals surface area contributed by atoms with E-state index in [1.807, 2.05) is 19.9 Å². The van der Waals surface area contributed by atoms with E-state index >= 15 is 0 Å². The zero-order chi connectivity index (χ0) is 18.1.